The maximum absolute atomic E-state index is 12.3. The molecule has 0 unspecified atom stereocenters. The van der Waals surface area contributed by atoms with Crippen LogP contribution in [-0.4, -0.2) is 35.6 Å². The molecule has 0 spiro atoms. The fourth-order valence-electron chi connectivity index (χ4n) is 1.69. The lowest BCUT2D eigenvalue weighted by molar-refractivity contribution is -0.141. The van der Waals surface area contributed by atoms with E-state index in [0.717, 1.165) is 5.56 Å². The van der Waals surface area contributed by atoms with E-state index in [1.54, 1.807) is 4.90 Å². The molecule has 0 aliphatic rings. The number of aliphatic hydroxyl groups excluding tert-OH is 1. The van der Waals surface area contributed by atoms with Gasteiger partial charge in [0.2, 0.25) is 5.91 Å². The minimum Gasteiger partial charge on any atom is -0.395 e. The van der Waals surface area contributed by atoms with Crippen LogP contribution in [0.2, 0.25) is 0 Å². The van der Waals surface area contributed by atoms with Crippen molar-refractivity contribution >= 4 is 5.91 Å². The van der Waals surface area contributed by atoms with E-state index >= 15 is 0 Å². The summed E-state index contributed by atoms with van der Waals surface area (Å²) in [6.07, 6.45) is 0. The maximum atomic E-state index is 12.3. The Morgan fingerprint density at radius 1 is 1.33 bits per heavy atom. The summed E-state index contributed by atoms with van der Waals surface area (Å²) in [5, 5.41) is 9.08. The minimum absolute atomic E-state index is 0.0251. The molecule has 0 bridgehead atoms. The molecule has 1 amide bonds. The molecule has 0 aliphatic heterocycles. The van der Waals surface area contributed by atoms with E-state index < -0.39 is 5.41 Å². The van der Waals surface area contributed by atoms with E-state index in [1.165, 1.54) is 0 Å². The van der Waals surface area contributed by atoms with Gasteiger partial charge in [0.05, 0.1) is 12.0 Å². The molecule has 0 radical (unpaired) electrons. The van der Waals surface area contributed by atoms with Gasteiger partial charge in [-0.25, -0.2) is 0 Å². The highest BCUT2D eigenvalue weighted by Gasteiger charge is 2.30. The second-order valence-corrected chi connectivity index (χ2v) is 5.02. The number of rotatable bonds is 6. The SMILES string of the molecule is CC(C)(CN)C(=O)N(CCO)Cc1ccccc1. The predicted molar refractivity (Wildman–Crippen MR) is 71.8 cm³/mol. The first-order valence-electron chi connectivity index (χ1n) is 6.15. The van der Waals surface area contributed by atoms with Crippen molar-refractivity contribution in [2.24, 2.45) is 11.1 Å². The second-order valence-electron chi connectivity index (χ2n) is 5.02. The fraction of sp³-hybridized carbons (Fsp3) is 0.500. The summed E-state index contributed by atoms with van der Waals surface area (Å²) in [6, 6.07) is 9.74. The van der Waals surface area contributed by atoms with Crippen LogP contribution >= 0.6 is 0 Å². The fourth-order valence-corrected chi connectivity index (χ4v) is 1.69. The average Bonchev–Trinajstić information content (AvgIpc) is 2.38. The monoisotopic (exact) mass is 250 g/mol. The maximum Gasteiger partial charge on any atom is 0.229 e. The first-order chi connectivity index (χ1) is 8.51. The Morgan fingerprint density at radius 2 is 1.94 bits per heavy atom. The summed E-state index contributed by atoms with van der Waals surface area (Å²) in [5.41, 5.74) is 6.08. The van der Waals surface area contributed by atoms with Gasteiger partial charge in [-0.3, -0.25) is 4.79 Å². The number of nitrogens with two attached hydrogens (primary N) is 1. The first-order valence-corrected chi connectivity index (χ1v) is 6.15. The number of carbonyl (C=O) groups excluding carboxylic acids is 1. The zero-order chi connectivity index (χ0) is 13.6. The standard InChI is InChI=1S/C14H22N2O2/c1-14(2,11-15)13(18)16(8-9-17)10-12-6-4-3-5-7-12/h3-7,17H,8-11,15H2,1-2H3. The lowest BCUT2D eigenvalue weighted by Crippen LogP contribution is -2.45. The highest BCUT2D eigenvalue weighted by Crippen LogP contribution is 2.18. The average molecular weight is 250 g/mol. The summed E-state index contributed by atoms with van der Waals surface area (Å²) in [4.78, 5) is 14.0. The molecule has 0 atom stereocenters. The third-order valence-electron chi connectivity index (χ3n) is 2.96. The van der Waals surface area contributed by atoms with Gasteiger partial charge < -0.3 is 15.7 Å². The molecule has 0 aliphatic carbocycles. The van der Waals surface area contributed by atoms with Crippen molar-refractivity contribution in [3.8, 4) is 0 Å². The van der Waals surface area contributed by atoms with Crippen LogP contribution in [0.4, 0.5) is 0 Å². The van der Waals surface area contributed by atoms with Gasteiger partial charge in [0.25, 0.3) is 0 Å². The number of nitrogens with zero attached hydrogens (tertiary/aromatic N) is 1. The van der Waals surface area contributed by atoms with E-state index in [4.69, 9.17) is 10.8 Å². The molecular formula is C14H22N2O2. The Bertz CT molecular complexity index is 377. The highest BCUT2D eigenvalue weighted by molar-refractivity contribution is 5.82. The van der Waals surface area contributed by atoms with E-state index in [2.05, 4.69) is 0 Å². The number of hydrogen-bond acceptors (Lipinski definition) is 3. The van der Waals surface area contributed by atoms with Crippen LogP contribution in [0.15, 0.2) is 30.3 Å². The van der Waals surface area contributed by atoms with Crippen LogP contribution in [0.1, 0.15) is 19.4 Å². The first kappa shape index (κ1) is 14.7. The molecule has 4 heteroatoms. The second kappa shape index (κ2) is 6.52. The Hall–Kier alpha value is -1.39. The van der Waals surface area contributed by atoms with E-state index in [0.29, 0.717) is 19.6 Å². The normalized spacial score (nSPS) is 11.3. The van der Waals surface area contributed by atoms with Crippen LogP contribution in [0, 0.1) is 5.41 Å². The molecule has 0 aromatic heterocycles. The summed E-state index contributed by atoms with van der Waals surface area (Å²) < 4.78 is 0. The third-order valence-corrected chi connectivity index (χ3v) is 2.96. The van der Waals surface area contributed by atoms with Gasteiger partial charge in [-0.15, -0.1) is 0 Å². The molecule has 18 heavy (non-hydrogen) atoms. The Kier molecular flexibility index (Phi) is 5.31. The van der Waals surface area contributed by atoms with E-state index in [-0.39, 0.29) is 12.5 Å². The predicted octanol–water partition coefficient (Wildman–Crippen LogP) is 0.992. The van der Waals surface area contributed by atoms with Gasteiger partial charge in [-0.05, 0) is 19.4 Å². The van der Waals surface area contributed by atoms with Crippen LogP contribution in [0.5, 0.6) is 0 Å². The van der Waals surface area contributed by atoms with Gasteiger partial charge in [0, 0.05) is 19.6 Å². The zero-order valence-electron chi connectivity index (χ0n) is 11.1. The van der Waals surface area contributed by atoms with Gasteiger partial charge in [0.15, 0.2) is 0 Å². The smallest absolute Gasteiger partial charge is 0.229 e. The lowest BCUT2D eigenvalue weighted by Gasteiger charge is -2.30. The van der Waals surface area contributed by atoms with Crippen molar-refractivity contribution in [2.75, 3.05) is 19.7 Å². The highest BCUT2D eigenvalue weighted by atomic mass is 16.3. The largest absolute Gasteiger partial charge is 0.395 e. The summed E-state index contributed by atoms with van der Waals surface area (Å²) in [6.45, 7) is 4.73. The molecule has 4 nitrogen and oxygen atoms in total. The summed E-state index contributed by atoms with van der Waals surface area (Å²) in [7, 11) is 0. The number of benzene rings is 1. The van der Waals surface area contributed by atoms with Crippen molar-refractivity contribution in [2.45, 2.75) is 20.4 Å². The molecule has 0 heterocycles. The van der Waals surface area contributed by atoms with Gasteiger partial charge in [-0.1, -0.05) is 30.3 Å². The quantitative estimate of drug-likeness (QED) is 0.791. The zero-order valence-corrected chi connectivity index (χ0v) is 11.1. The topological polar surface area (TPSA) is 66.6 Å². The Labute approximate surface area is 108 Å². The van der Waals surface area contributed by atoms with Gasteiger partial charge >= 0.3 is 0 Å². The molecule has 0 saturated heterocycles. The van der Waals surface area contributed by atoms with Crippen LogP contribution < -0.4 is 5.73 Å². The van der Waals surface area contributed by atoms with Crippen molar-refractivity contribution in [3.63, 3.8) is 0 Å². The Morgan fingerprint density at radius 3 is 2.44 bits per heavy atom. The summed E-state index contributed by atoms with van der Waals surface area (Å²) in [5.74, 6) is -0.0251. The van der Waals surface area contributed by atoms with Gasteiger partial charge in [0.1, 0.15) is 0 Å². The Balaban J connectivity index is 2.80. The molecular weight excluding hydrogens is 228 g/mol. The van der Waals surface area contributed by atoms with E-state index in [1.807, 2.05) is 44.2 Å². The number of aliphatic hydroxyl groups is 1. The molecule has 1 aromatic rings. The number of amides is 1. The molecule has 0 saturated carbocycles. The third kappa shape index (κ3) is 3.82. The minimum atomic E-state index is -0.593. The van der Waals surface area contributed by atoms with Crippen LogP contribution in [0.3, 0.4) is 0 Å². The van der Waals surface area contributed by atoms with Gasteiger partial charge in [-0.2, -0.15) is 0 Å². The molecule has 1 rings (SSSR count). The molecule has 0 fully saturated rings. The number of hydrogen-bond donors (Lipinski definition) is 2. The van der Waals surface area contributed by atoms with Crippen LogP contribution in [0.25, 0.3) is 0 Å². The summed E-state index contributed by atoms with van der Waals surface area (Å²) >= 11 is 0. The molecule has 1 aromatic carbocycles. The van der Waals surface area contributed by atoms with Crippen molar-refractivity contribution in [1.29, 1.82) is 0 Å². The van der Waals surface area contributed by atoms with Crippen molar-refractivity contribution in [3.05, 3.63) is 35.9 Å². The van der Waals surface area contributed by atoms with Crippen LogP contribution in [-0.2, 0) is 11.3 Å². The van der Waals surface area contributed by atoms with Crippen molar-refractivity contribution < 1.29 is 9.90 Å². The molecule has 3 N–H and O–H groups in total. The van der Waals surface area contributed by atoms with Crippen molar-refractivity contribution in [1.82, 2.24) is 4.90 Å². The molecule has 100 valence electrons. The number of carbonyl (C=O) groups is 1. The van der Waals surface area contributed by atoms with E-state index in [9.17, 15) is 4.79 Å². The lowest BCUT2D eigenvalue weighted by atomic mass is 9.91.